The molecule has 2 heterocycles. The molecule has 0 aromatic carbocycles. The second-order valence-corrected chi connectivity index (χ2v) is 6.52. The van der Waals surface area contributed by atoms with Crippen LogP contribution in [0.2, 0.25) is 0 Å². The number of hydrogen-bond donors (Lipinski definition) is 1. The standard InChI is InChI=1S/C18H31N3O2/c1-5-21-14(2)12-17(15(21)3)18(22)19-13-16-6-8-20(9-7-16)10-11-23-4/h12,16H,5-11,13H2,1-4H3,(H,19,22). The minimum Gasteiger partial charge on any atom is -0.383 e. The summed E-state index contributed by atoms with van der Waals surface area (Å²) in [4.78, 5) is 14.9. The number of rotatable bonds is 7. The molecule has 1 N–H and O–H groups in total. The molecule has 0 atom stereocenters. The normalized spacial score (nSPS) is 16.7. The van der Waals surface area contributed by atoms with Gasteiger partial charge in [-0.25, -0.2) is 0 Å². The Morgan fingerprint density at radius 1 is 1.35 bits per heavy atom. The van der Waals surface area contributed by atoms with Crippen LogP contribution in [0.25, 0.3) is 0 Å². The van der Waals surface area contributed by atoms with Crippen molar-refractivity contribution >= 4 is 5.91 Å². The molecule has 1 amide bonds. The van der Waals surface area contributed by atoms with E-state index in [9.17, 15) is 4.79 Å². The van der Waals surface area contributed by atoms with Crippen LogP contribution in [0, 0.1) is 19.8 Å². The molecule has 0 spiro atoms. The van der Waals surface area contributed by atoms with E-state index in [0.717, 1.165) is 69.1 Å². The second kappa shape index (κ2) is 8.50. The van der Waals surface area contributed by atoms with Crippen molar-refractivity contribution in [2.75, 3.05) is 39.9 Å². The highest BCUT2D eigenvalue weighted by molar-refractivity contribution is 5.95. The molecule has 1 aromatic heterocycles. The molecule has 0 saturated carbocycles. The van der Waals surface area contributed by atoms with Gasteiger partial charge in [0.1, 0.15) is 0 Å². The van der Waals surface area contributed by atoms with Gasteiger partial charge >= 0.3 is 0 Å². The summed E-state index contributed by atoms with van der Waals surface area (Å²) in [5.41, 5.74) is 3.04. The highest BCUT2D eigenvalue weighted by atomic mass is 16.5. The Kier molecular flexibility index (Phi) is 6.66. The summed E-state index contributed by atoms with van der Waals surface area (Å²) >= 11 is 0. The lowest BCUT2D eigenvalue weighted by atomic mass is 9.96. The predicted molar refractivity (Wildman–Crippen MR) is 93.0 cm³/mol. The van der Waals surface area contributed by atoms with Crippen molar-refractivity contribution in [2.24, 2.45) is 5.92 Å². The van der Waals surface area contributed by atoms with E-state index in [1.807, 2.05) is 13.0 Å². The van der Waals surface area contributed by atoms with Gasteiger partial charge in [0, 0.05) is 38.1 Å². The molecule has 1 aliphatic heterocycles. The van der Waals surface area contributed by atoms with Gasteiger partial charge in [-0.15, -0.1) is 0 Å². The molecule has 5 heteroatoms. The number of likely N-dealkylation sites (tertiary alicyclic amines) is 1. The first kappa shape index (κ1) is 18.0. The van der Waals surface area contributed by atoms with E-state index in [0.29, 0.717) is 5.92 Å². The smallest absolute Gasteiger partial charge is 0.253 e. The van der Waals surface area contributed by atoms with Gasteiger partial charge in [0.2, 0.25) is 0 Å². The molecule has 0 radical (unpaired) electrons. The van der Waals surface area contributed by atoms with Gasteiger partial charge in [0.15, 0.2) is 0 Å². The van der Waals surface area contributed by atoms with Crippen LogP contribution in [0.4, 0.5) is 0 Å². The molecule has 1 aliphatic rings. The maximum Gasteiger partial charge on any atom is 0.253 e. The number of methoxy groups -OCH3 is 1. The Hall–Kier alpha value is -1.33. The molecule has 5 nitrogen and oxygen atoms in total. The minimum absolute atomic E-state index is 0.0691. The highest BCUT2D eigenvalue weighted by Crippen LogP contribution is 2.18. The number of piperidine rings is 1. The molecule has 0 bridgehead atoms. The molecule has 1 saturated heterocycles. The monoisotopic (exact) mass is 321 g/mol. The number of amides is 1. The van der Waals surface area contributed by atoms with Crippen molar-refractivity contribution < 1.29 is 9.53 Å². The third kappa shape index (κ3) is 4.58. The van der Waals surface area contributed by atoms with Gasteiger partial charge in [-0.1, -0.05) is 0 Å². The van der Waals surface area contributed by atoms with Gasteiger partial charge in [0.05, 0.1) is 12.2 Å². The Labute approximate surface area is 140 Å². The number of carbonyl (C=O) groups is 1. The number of aryl methyl sites for hydroxylation is 1. The van der Waals surface area contributed by atoms with Crippen molar-refractivity contribution in [1.29, 1.82) is 0 Å². The summed E-state index contributed by atoms with van der Waals surface area (Å²) in [6.45, 7) is 11.9. The van der Waals surface area contributed by atoms with Crippen molar-refractivity contribution in [2.45, 2.75) is 40.2 Å². The number of nitrogens with one attached hydrogen (secondary N) is 1. The largest absolute Gasteiger partial charge is 0.383 e. The lowest BCUT2D eigenvalue weighted by Gasteiger charge is -2.31. The van der Waals surface area contributed by atoms with E-state index >= 15 is 0 Å². The van der Waals surface area contributed by atoms with E-state index in [-0.39, 0.29) is 5.91 Å². The highest BCUT2D eigenvalue weighted by Gasteiger charge is 2.21. The summed E-state index contributed by atoms with van der Waals surface area (Å²) in [6.07, 6.45) is 2.30. The van der Waals surface area contributed by atoms with E-state index in [2.05, 4.69) is 28.6 Å². The Morgan fingerprint density at radius 3 is 2.61 bits per heavy atom. The molecule has 2 rings (SSSR count). The van der Waals surface area contributed by atoms with Crippen molar-refractivity contribution in [3.05, 3.63) is 23.0 Å². The summed E-state index contributed by atoms with van der Waals surface area (Å²) in [6, 6.07) is 2.00. The van der Waals surface area contributed by atoms with Gasteiger partial charge in [0.25, 0.3) is 5.91 Å². The molecular formula is C18H31N3O2. The molecule has 0 aliphatic carbocycles. The Bertz CT molecular complexity index is 517. The van der Waals surface area contributed by atoms with Crippen LogP contribution in [0.1, 0.15) is 41.5 Å². The second-order valence-electron chi connectivity index (χ2n) is 6.52. The van der Waals surface area contributed by atoms with E-state index in [1.165, 1.54) is 0 Å². The fourth-order valence-corrected chi connectivity index (χ4v) is 3.48. The van der Waals surface area contributed by atoms with Crippen molar-refractivity contribution in [3.63, 3.8) is 0 Å². The van der Waals surface area contributed by atoms with Crippen LogP contribution >= 0.6 is 0 Å². The van der Waals surface area contributed by atoms with Crippen LogP contribution in [-0.2, 0) is 11.3 Å². The zero-order valence-corrected chi connectivity index (χ0v) is 15.0. The Balaban J connectivity index is 1.79. The first-order chi connectivity index (χ1) is 11.1. The first-order valence-electron chi connectivity index (χ1n) is 8.73. The molecule has 23 heavy (non-hydrogen) atoms. The lowest BCUT2D eigenvalue weighted by Crippen LogP contribution is -2.39. The third-order valence-corrected chi connectivity index (χ3v) is 5.00. The van der Waals surface area contributed by atoms with Crippen LogP contribution in [-0.4, -0.2) is 55.3 Å². The molecular weight excluding hydrogens is 290 g/mol. The quantitative estimate of drug-likeness (QED) is 0.837. The average molecular weight is 321 g/mol. The zero-order chi connectivity index (χ0) is 16.8. The van der Waals surface area contributed by atoms with E-state index < -0.39 is 0 Å². The van der Waals surface area contributed by atoms with Crippen LogP contribution in [0.3, 0.4) is 0 Å². The fourth-order valence-electron chi connectivity index (χ4n) is 3.48. The van der Waals surface area contributed by atoms with Gasteiger partial charge in [-0.05, 0) is 58.7 Å². The van der Waals surface area contributed by atoms with Gasteiger partial charge in [-0.3, -0.25) is 4.79 Å². The topological polar surface area (TPSA) is 46.5 Å². The predicted octanol–water partition coefficient (Wildman–Crippen LogP) is 2.21. The van der Waals surface area contributed by atoms with Crippen LogP contribution < -0.4 is 5.32 Å². The summed E-state index contributed by atoms with van der Waals surface area (Å²) in [5, 5.41) is 3.14. The summed E-state index contributed by atoms with van der Waals surface area (Å²) in [5.74, 6) is 0.659. The van der Waals surface area contributed by atoms with Crippen LogP contribution in [0.5, 0.6) is 0 Å². The van der Waals surface area contributed by atoms with E-state index in [1.54, 1.807) is 7.11 Å². The molecule has 1 fully saturated rings. The zero-order valence-electron chi connectivity index (χ0n) is 15.0. The fraction of sp³-hybridized carbons (Fsp3) is 0.722. The summed E-state index contributed by atoms with van der Waals surface area (Å²) < 4.78 is 7.31. The first-order valence-corrected chi connectivity index (χ1v) is 8.73. The minimum atomic E-state index is 0.0691. The van der Waals surface area contributed by atoms with Crippen molar-refractivity contribution in [1.82, 2.24) is 14.8 Å². The van der Waals surface area contributed by atoms with E-state index in [4.69, 9.17) is 4.74 Å². The Morgan fingerprint density at radius 2 is 2.04 bits per heavy atom. The number of aromatic nitrogens is 1. The van der Waals surface area contributed by atoms with Gasteiger partial charge < -0.3 is 19.5 Å². The lowest BCUT2D eigenvalue weighted by molar-refractivity contribution is 0.0925. The van der Waals surface area contributed by atoms with Gasteiger partial charge in [-0.2, -0.15) is 0 Å². The maximum absolute atomic E-state index is 12.4. The number of hydrogen-bond acceptors (Lipinski definition) is 3. The summed E-state index contributed by atoms with van der Waals surface area (Å²) in [7, 11) is 1.75. The number of nitrogens with zero attached hydrogens (tertiary/aromatic N) is 2. The molecule has 130 valence electrons. The SMILES string of the molecule is CCn1c(C)cc(C(=O)NCC2CCN(CCOC)CC2)c1C. The number of ether oxygens (including phenoxy) is 1. The third-order valence-electron chi connectivity index (χ3n) is 5.00. The molecule has 1 aromatic rings. The number of carbonyl (C=O) groups excluding carboxylic acids is 1. The van der Waals surface area contributed by atoms with Crippen molar-refractivity contribution in [3.8, 4) is 0 Å². The maximum atomic E-state index is 12.4. The average Bonchev–Trinajstić information content (AvgIpc) is 2.85. The van der Waals surface area contributed by atoms with Crippen LogP contribution in [0.15, 0.2) is 6.07 Å². The molecule has 0 unspecified atom stereocenters.